The van der Waals surface area contributed by atoms with Gasteiger partial charge in [0, 0.05) is 0 Å². The summed E-state index contributed by atoms with van der Waals surface area (Å²) in [4.78, 5) is 0. The van der Waals surface area contributed by atoms with Crippen molar-refractivity contribution in [2.24, 2.45) is 5.40 Å². The Hall–Kier alpha value is -2.97. The second-order valence-electron chi connectivity index (χ2n) is 12.6. The molecule has 0 aromatic heterocycles. The van der Waals surface area contributed by atoms with Crippen molar-refractivity contribution >= 4 is 8.24 Å². The highest BCUT2D eigenvalue weighted by Gasteiger charge is 3.07. The first-order valence-electron chi connectivity index (χ1n) is 14.0. The highest BCUT2D eigenvalue weighted by atomic mass is 28.3. The molecule has 1 nitrogen and oxygen atoms in total. The van der Waals surface area contributed by atoms with Gasteiger partial charge in [-0.1, -0.05) is 0 Å². The van der Waals surface area contributed by atoms with Crippen LogP contribution in [0.15, 0.2) is 0 Å². The molecule has 0 radical (unpaired) electrons. The maximum Gasteiger partial charge on any atom is 0.460 e. The van der Waals surface area contributed by atoms with E-state index < -0.39 is 132 Å². The molecule has 0 aliphatic heterocycles. The van der Waals surface area contributed by atoms with Crippen molar-refractivity contribution in [3.8, 4) is 0 Å². The fourth-order valence-corrected chi connectivity index (χ4v) is 7.37. The fraction of sp³-hybridized carbons (Fsp3) is 1.00. The van der Waals surface area contributed by atoms with Gasteiger partial charge in [-0.25, -0.2) is 26.3 Å². The Labute approximate surface area is 336 Å². The van der Waals surface area contributed by atoms with E-state index in [0.717, 1.165) is 0 Å². The molecule has 0 atom stereocenters. The molecule has 0 spiro atoms. The largest absolute Gasteiger partial charge is 0.460 e. The SMILES string of the molecule is N[Si](C(F)(F)C(F)(F)C(F)(F)C(F)(F)C(F)(F)C(F)(F)C(F)(F)F)(C(F)(F)C(F)(F)C(F)(F)C(F)(F)C(F)(F)C(F)(F)C(F)(F)F)C(F)(F)C(F)(F)C(F)(F)C(F)(F)C(F)(F)C(F)(F)C(F)(F)F. The summed E-state index contributed by atoms with van der Waals surface area (Å²) in [6.07, 6.45) is -26.5. The lowest BCUT2D eigenvalue weighted by atomic mass is 9.93. The Morgan fingerprint density at radius 1 is 0.147 bits per heavy atom. The number of halogens is 45. The van der Waals surface area contributed by atoms with Crippen LogP contribution in [0.4, 0.5) is 198 Å². The second kappa shape index (κ2) is 15.3. The summed E-state index contributed by atoms with van der Waals surface area (Å²) in [7, 11) is -14.0. The first-order chi connectivity index (χ1) is 28.2. The molecule has 2 N–H and O–H groups in total. The standard InChI is InChI=1S/C21H2F45NSi/c22-1(23,4(28,29)10(40,41)16(52,53)54)7(34,35)13(46,47)19(61,62)68(67,20(63,64)14(48,49)8(36,37)2(24,25)5(30,31)11(42,43)17(55,56)57)21(65,66)15(50,51)9(38,39)3(26,27)6(32,33)12(44,45)18(58,59)60/h67H2. The van der Waals surface area contributed by atoms with E-state index in [4.69, 9.17) is 0 Å². The van der Waals surface area contributed by atoms with Gasteiger partial charge < -0.3 is 5.40 Å². The zero-order valence-corrected chi connectivity index (χ0v) is 29.6. The second-order valence-corrected chi connectivity index (χ2v) is 16.1. The van der Waals surface area contributed by atoms with Crippen molar-refractivity contribution in [3.05, 3.63) is 0 Å². The zero-order chi connectivity index (χ0) is 57.0. The van der Waals surface area contributed by atoms with Gasteiger partial charge in [0.15, 0.2) is 0 Å². The Bertz CT molecular complexity index is 1620. The highest BCUT2D eigenvalue weighted by molar-refractivity contribution is 6.84. The molecule has 0 saturated carbocycles. The predicted molar refractivity (Wildman–Crippen MR) is 117 cm³/mol. The first kappa shape index (κ1) is 65.0. The monoisotopic (exact) mass is 1150 g/mol. The summed E-state index contributed by atoms with van der Waals surface area (Å²) in [5.74, 6) is -156. The molecule has 0 aromatic rings. The van der Waals surface area contributed by atoms with E-state index in [-0.39, 0.29) is 0 Å². The molecule has 0 saturated heterocycles. The summed E-state index contributed by atoms with van der Waals surface area (Å²) in [5, 5.41) is 2.57. The van der Waals surface area contributed by atoms with Crippen LogP contribution in [0.2, 0.25) is 0 Å². The molecule has 0 fully saturated rings. The third kappa shape index (κ3) is 7.01. The van der Waals surface area contributed by atoms with Gasteiger partial charge in [-0.3, -0.25) is 0 Å². The molecule has 47 heteroatoms. The van der Waals surface area contributed by atoms with Crippen LogP contribution in [0.5, 0.6) is 0 Å². The summed E-state index contributed by atoms with van der Waals surface area (Å²) in [6, 6.07) is 0. The lowest BCUT2D eigenvalue weighted by molar-refractivity contribution is -0.456. The van der Waals surface area contributed by atoms with E-state index in [9.17, 15) is 171 Å². The van der Waals surface area contributed by atoms with Crippen LogP contribution in [0.3, 0.4) is 0 Å². The normalized spacial score (nSPS) is 17.6. The van der Waals surface area contributed by atoms with Gasteiger partial charge in [-0.05, 0) is 0 Å². The van der Waals surface area contributed by atoms with Crippen LogP contribution in [-0.2, 0) is 0 Å². The van der Waals surface area contributed by atoms with Crippen LogP contribution in [0.1, 0.15) is 0 Å². The number of rotatable bonds is 18. The van der Waals surface area contributed by atoms with Gasteiger partial charge in [-0.15, -0.1) is 0 Å². The average molecular weight is 1150 g/mol. The molecule has 0 unspecified atom stereocenters. The lowest BCUT2D eigenvalue weighted by Gasteiger charge is -2.53. The summed E-state index contributed by atoms with van der Waals surface area (Å²) in [6.45, 7) is 0. The average Bonchev–Trinajstić information content (AvgIpc) is 3.07. The van der Waals surface area contributed by atoms with Crippen molar-refractivity contribution < 1.29 is 198 Å². The Balaban J connectivity index is 9.69. The van der Waals surface area contributed by atoms with Crippen LogP contribution in [-0.4, -0.2) is 132 Å². The minimum absolute atomic E-state index is 2.57. The number of hydrogen-bond donors (Lipinski definition) is 1. The molecule has 0 heterocycles. The van der Waals surface area contributed by atoms with E-state index in [2.05, 4.69) is 5.40 Å². The van der Waals surface area contributed by atoms with Crippen LogP contribution < -0.4 is 5.40 Å². The smallest absolute Gasteiger partial charge is 0.337 e. The highest BCUT2D eigenvalue weighted by Crippen LogP contribution is 2.72. The Morgan fingerprint density at radius 3 is 0.338 bits per heavy atom. The molecule has 0 amide bonds. The van der Waals surface area contributed by atoms with Gasteiger partial charge in [0.05, 0.1) is 0 Å². The molecular weight excluding hydrogens is 1150 g/mol. The van der Waals surface area contributed by atoms with Gasteiger partial charge >= 0.3 is 132 Å². The van der Waals surface area contributed by atoms with Gasteiger partial charge in [-0.2, -0.15) is 171 Å². The molecule has 410 valence electrons. The van der Waals surface area contributed by atoms with E-state index in [1.54, 1.807) is 0 Å². The fourth-order valence-electron chi connectivity index (χ4n) is 4.23. The van der Waals surface area contributed by atoms with E-state index >= 15 is 26.3 Å². The summed E-state index contributed by atoms with van der Waals surface area (Å²) < 4.78 is 619. The molecule has 0 aromatic carbocycles. The maximum absolute atomic E-state index is 15.2. The lowest BCUT2D eigenvalue weighted by Crippen LogP contribution is -2.94. The van der Waals surface area contributed by atoms with Crippen LogP contribution in [0, 0.1) is 0 Å². The van der Waals surface area contributed by atoms with E-state index in [0.29, 0.717) is 0 Å². The molecule has 68 heavy (non-hydrogen) atoms. The first-order valence-corrected chi connectivity index (χ1v) is 16.1. The van der Waals surface area contributed by atoms with Crippen LogP contribution >= 0.6 is 0 Å². The quantitative estimate of drug-likeness (QED) is 0.107. The number of alkyl halides is 45. The molecule has 0 bridgehead atoms. The molecule has 0 aliphatic carbocycles. The van der Waals surface area contributed by atoms with Gasteiger partial charge in [0.2, 0.25) is 0 Å². The van der Waals surface area contributed by atoms with Gasteiger partial charge in [0.1, 0.15) is 0 Å². The summed E-state index contributed by atoms with van der Waals surface area (Å²) in [5.41, 5.74) is -34.1. The number of nitrogens with two attached hydrogens (primary N) is 1. The van der Waals surface area contributed by atoms with Crippen molar-refractivity contribution in [2.45, 2.75) is 124 Å². The Kier molecular flexibility index (Phi) is 14.6. The topological polar surface area (TPSA) is 26.0 Å². The Morgan fingerprint density at radius 2 is 0.235 bits per heavy atom. The van der Waals surface area contributed by atoms with Crippen molar-refractivity contribution in [3.63, 3.8) is 0 Å². The van der Waals surface area contributed by atoms with Crippen molar-refractivity contribution in [1.29, 1.82) is 0 Å². The maximum atomic E-state index is 15.2. The third-order valence-electron chi connectivity index (χ3n) is 8.47. The predicted octanol–water partition coefficient (Wildman–Crippen LogP) is 13.6. The van der Waals surface area contributed by atoms with E-state index in [1.807, 2.05) is 0 Å². The van der Waals surface area contributed by atoms with Crippen molar-refractivity contribution in [1.82, 2.24) is 0 Å². The van der Waals surface area contributed by atoms with Crippen LogP contribution in [0.25, 0.3) is 0 Å². The van der Waals surface area contributed by atoms with Gasteiger partial charge in [0.25, 0.3) is 0 Å². The molecular formula is C21H2F45NSi. The molecule has 0 rings (SSSR count). The van der Waals surface area contributed by atoms with Crippen molar-refractivity contribution in [2.75, 3.05) is 0 Å². The minimum atomic E-state index is -14.0. The van der Waals surface area contributed by atoms with E-state index in [1.165, 1.54) is 0 Å². The number of hydrogen-bond acceptors (Lipinski definition) is 1. The molecule has 0 aliphatic rings. The third-order valence-corrected chi connectivity index (χ3v) is 12.4. The minimum Gasteiger partial charge on any atom is -0.337 e. The summed E-state index contributed by atoms with van der Waals surface area (Å²) >= 11 is 0. The zero-order valence-electron chi connectivity index (χ0n) is 28.6.